The van der Waals surface area contributed by atoms with Crippen LogP contribution in [0.5, 0.6) is 0 Å². The predicted octanol–water partition coefficient (Wildman–Crippen LogP) is 4.64. The average Bonchev–Trinajstić information content (AvgIpc) is 2.87. The van der Waals surface area contributed by atoms with Crippen molar-refractivity contribution >= 4 is 46.6 Å². The molecule has 0 radical (unpaired) electrons. The molecule has 140 valence electrons. The Labute approximate surface area is 167 Å². The minimum atomic E-state index is -0.951. The Morgan fingerprint density at radius 3 is 2.19 bits per heavy atom. The molecule has 0 unspecified atom stereocenters. The SMILES string of the molecule is CC(C)C[C@@H](C(=O)Nc1cc(Cl)ccc1Cl)N1C(=O)c2ccccc2C1=O. The molecule has 0 aliphatic carbocycles. The number of hydrogen-bond acceptors (Lipinski definition) is 3. The fourth-order valence-corrected chi connectivity index (χ4v) is 3.41. The van der Waals surface area contributed by atoms with Crippen LogP contribution in [0.2, 0.25) is 10.0 Å². The van der Waals surface area contributed by atoms with E-state index in [-0.39, 0.29) is 5.92 Å². The number of hydrogen-bond donors (Lipinski definition) is 1. The van der Waals surface area contributed by atoms with E-state index in [2.05, 4.69) is 5.32 Å². The Hall–Kier alpha value is -2.37. The van der Waals surface area contributed by atoms with E-state index in [0.717, 1.165) is 4.90 Å². The molecule has 5 nitrogen and oxygen atoms in total. The van der Waals surface area contributed by atoms with Crippen LogP contribution in [0.25, 0.3) is 0 Å². The summed E-state index contributed by atoms with van der Waals surface area (Å²) in [7, 11) is 0. The molecule has 0 saturated heterocycles. The first-order valence-corrected chi connectivity index (χ1v) is 9.28. The molecular formula is C20H18Cl2N2O3. The molecule has 0 spiro atoms. The minimum Gasteiger partial charge on any atom is -0.323 e. The van der Waals surface area contributed by atoms with Gasteiger partial charge in [0.1, 0.15) is 6.04 Å². The lowest BCUT2D eigenvalue weighted by atomic mass is 10.0. The van der Waals surface area contributed by atoms with Crippen LogP contribution in [0.3, 0.4) is 0 Å². The summed E-state index contributed by atoms with van der Waals surface area (Å²) < 4.78 is 0. The summed E-state index contributed by atoms with van der Waals surface area (Å²) in [5.41, 5.74) is 0.953. The van der Waals surface area contributed by atoms with E-state index in [1.807, 2.05) is 13.8 Å². The lowest BCUT2D eigenvalue weighted by Gasteiger charge is -2.27. The molecule has 1 N–H and O–H groups in total. The molecule has 3 amide bonds. The Morgan fingerprint density at radius 1 is 1.04 bits per heavy atom. The van der Waals surface area contributed by atoms with Gasteiger partial charge in [-0.1, -0.05) is 49.2 Å². The van der Waals surface area contributed by atoms with Crippen LogP contribution in [0.4, 0.5) is 5.69 Å². The van der Waals surface area contributed by atoms with E-state index in [4.69, 9.17) is 23.2 Å². The lowest BCUT2D eigenvalue weighted by Crippen LogP contribution is -2.48. The zero-order valence-electron chi connectivity index (χ0n) is 14.8. The van der Waals surface area contributed by atoms with Gasteiger partial charge >= 0.3 is 0 Å². The second-order valence-corrected chi connectivity index (χ2v) is 7.63. The van der Waals surface area contributed by atoms with Crippen molar-refractivity contribution in [1.82, 2.24) is 4.90 Å². The van der Waals surface area contributed by atoms with Crippen molar-refractivity contribution in [3.8, 4) is 0 Å². The first-order chi connectivity index (χ1) is 12.8. The molecule has 3 rings (SSSR count). The molecule has 0 bridgehead atoms. The summed E-state index contributed by atoms with van der Waals surface area (Å²) in [6.45, 7) is 3.84. The van der Waals surface area contributed by atoms with Gasteiger partial charge in [-0.2, -0.15) is 0 Å². The van der Waals surface area contributed by atoms with Crippen LogP contribution >= 0.6 is 23.2 Å². The highest BCUT2D eigenvalue weighted by Gasteiger charge is 2.42. The third-order valence-corrected chi connectivity index (χ3v) is 4.89. The number of fused-ring (bicyclic) bond motifs is 1. The second kappa shape index (κ2) is 7.71. The summed E-state index contributed by atoms with van der Waals surface area (Å²) in [4.78, 5) is 39.6. The van der Waals surface area contributed by atoms with Gasteiger partial charge in [0.25, 0.3) is 11.8 Å². The Morgan fingerprint density at radius 2 is 1.63 bits per heavy atom. The van der Waals surface area contributed by atoms with E-state index < -0.39 is 23.8 Å². The van der Waals surface area contributed by atoms with Gasteiger partial charge in [0.15, 0.2) is 0 Å². The van der Waals surface area contributed by atoms with Gasteiger partial charge in [-0.15, -0.1) is 0 Å². The molecule has 2 aromatic carbocycles. The number of rotatable bonds is 5. The van der Waals surface area contributed by atoms with Crippen molar-refractivity contribution < 1.29 is 14.4 Å². The van der Waals surface area contributed by atoms with E-state index in [1.165, 1.54) is 6.07 Å². The van der Waals surface area contributed by atoms with Crippen molar-refractivity contribution in [2.45, 2.75) is 26.3 Å². The first-order valence-electron chi connectivity index (χ1n) is 8.52. The number of amides is 3. The van der Waals surface area contributed by atoms with Crippen LogP contribution in [0.15, 0.2) is 42.5 Å². The highest BCUT2D eigenvalue weighted by atomic mass is 35.5. The van der Waals surface area contributed by atoms with Crippen LogP contribution in [-0.2, 0) is 4.79 Å². The molecule has 1 aliphatic heterocycles. The van der Waals surface area contributed by atoms with Crippen molar-refractivity contribution in [1.29, 1.82) is 0 Å². The van der Waals surface area contributed by atoms with Crippen molar-refractivity contribution in [3.05, 3.63) is 63.6 Å². The van der Waals surface area contributed by atoms with E-state index >= 15 is 0 Å². The number of carbonyl (C=O) groups is 3. The monoisotopic (exact) mass is 404 g/mol. The zero-order valence-corrected chi connectivity index (χ0v) is 16.3. The third-order valence-electron chi connectivity index (χ3n) is 4.32. The Bertz CT molecular complexity index is 892. The molecular weight excluding hydrogens is 387 g/mol. The highest BCUT2D eigenvalue weighted by Crippen LogP contribution is 2.29. The van der Waals surface area contributed by atoms with Crippen molar-refractivity contribution in [3.63, 3.8) is 0 Å². The van der Waals surface area contributed by atoms with Crippen molar-refractivity contribution in [2.24, 2.45) is 5.92 Å². The fourth-order valence-electron chi connectivity index (χ4n) is 3.08. The second-order valence-electron chi connectivity index (χ2n) is 6.78. The molecule has 1 aliphatic rings. The van der Waals surface area contributed by atoms with Crippen LogP contribution in [0.1, 0.15) is 41.0 Å². The van der Waals surface area contributed by atoms with Gasteiger partial charge in [0, 0.05) is 5.02 Å². The number of nitrogens with one attached hydrogen (secondary N) is 1. The molecule has 0 aromatic heterocycles. The van der Waals surface area contributed by atoms with Gasteiger partial charge in [0.05, 0.1) is 21.8 Å². The lowest BCUT2D eigenvalue weighted by molar-refractivity contribution is -0.120. The molecule has 27 heavy (non-hydrogen) atoms. The maximum atomic E-state index is 13.0. The summed E-state index contributed by atoms with van der Waals surface area (Å²) in [6.07, 6.45) is 0.329. The molecule has 7 heteroatoms. The van der Waals surface area contributed by atoms with Crippen LogP contribution in [-0.4, -0.2) is 28.7 Å². The highest BCUT2D eigenvalue weighted by molar-refractivity contribution is 6.35. The summed E-state index contributed by atoms with van der Waals surface area (Å²) >= 11 is 12.1. The number of imide groups is 1. The smallest absolute Gasteiger partial charge is 0.262 e. The molecule has 1 heterocycles. The van der Waals surface area contributed by atoms with Crippen molar-refractivity contribution in [2.75, 3.05) is 5.32 Å². The Balaban J connectivity index is 1.93. The summed E-state index contributed by atoms with van der Waals surface area (Å²) in [5.74, 6) is -1.33. The van der Waals surface area contributed by atoms with Gasteiger partial charge in [0.2, 0.25) is 5.91 Å². The third kappa shape index (κ3) is 3.84. The molecule has 0 fully saturated rings. The maximum absolute atomic E-state index is 13.0. The number of anilines is 1. The van der Waals surface area contributed by atoms with E-state index in [1.54, 1.807) is 36.4 Å². The van der Waals surface area contributed by atoms with Gasteiger partial charge in [-0.25, -0.2) is 0 Å². The van der Waals surface area contributed by atoms with E-state index in [9.17, 15) is 14.4 Å². The summed E-state index contributed by atoms with van der Waals surface area (Å²) in [6, 6.07) is 10.3. The normalized spacial score (nSPS) is 14.5. The topological polar surface area (TPSA) is 66.5 Å². The number of nitrogens with zero attached hydrogens (tertiary/aromatic N) is 1. The average molecular weight is 405 g/mol. The molecule has 0 saturated carbocycles. The van der Waals surface area contributed by atoms with Gasteiger partial charge in [-0.05, 0) is 42.7 Å². The van der Waals surface area contributed by atoms with E-state index in [0.29, 0.717) is 33.3 Å². The standard InChI is InChI=1S/C20H18Cl2N2O3/c1-11(2)9-17(18(25)23-16-10-12(21)7-8-15(16)22)24-19(26)13-5-3-4-6-14(13)20(24)27/h3-8,10-11,17H,9H2,1-2H3,(H,23,25)/t17-/m0/s1. The number of halogens is 2. The predicted molar refractivity (Wildman–Crippen MR) is 105 cm³/mol. The number of carbonyl (C=O) groups excluding carboxylic acids is 3. The van der Waals surface area contributed by atoms with Crippen LogP contribution < -0.4 is 5.32 Å². The van der Waals surface area contributed by atoms with Crippen LogP contribution in [0, 0.1) is 5.92 Å². The first kappa shape index (κ1) is 19.4. The largest absolute Gasteiger partial charge is 0.323 e. The maximum Gasteiger partial charge on any atom is 0.262 e. The quantitative estimate of drug-likeness (QED) is 0.737. The molecule has 1 atom stereocenters. The fraction of sp³-hybridized carbons (Fsp3) is 0.250. The van der Waals surface area contributed by atoms with Gasteiger partial charge in [-0.3, -0.25) is 19.3 Å². The summed E-state index contributed by atoms with van der Waals surface area (Å²) in [5, 5.41) is 3.43. The minimum absolute atomic E-state index is 0.0832. The zero-order chi connectivity index (χ0) is 19.7. The van der Waals surface area contributed by atoms with Gasteiger partial charge < -0.3 is 5.32 Å². The molecule has 2 aromatic rings. The number of benzene rings is 2. The Kier molecular flexibility index (Phi) is 5.53.